The first-order valence-electron chi connectivity index (χ1n) is 7.12. The molecule has 2 unspecified atom stereocenters. The third-order valence-corrected chi connectivity index (χ3v) is 3.80. The van der Waals surface area contributed by atoms with Gasteiger partial charge in [0, 0.05) is 39.4 Å². The molecule has 1 aliphatic rings. The van der Waals surface area contributed by atoms with Gasteiger partial charge in [-0.2, -0.15) is 0 Å². The van der Waals surface area contributed by atoms with Crippen LogP contribution in [0.15, 0.2) is 0 Å². The Labute approximate surface area is 180 Å². The maximum Gasteiger partial charge on any atom is 1.00 e. The molecule has 10 heteroatoms. The summed E-state index contributed by atoms with van der Waals surface area (Å²) >= 11 is 0. The Hall–Kier alpha value is 0.780. The molecule has 1 fully saturated rings. The van der Waals surface area contributed by atoms with Crippen LogP contribution in [0.5, 0.6) is 0 Å². The van der Waals surface area contributed by atoms with Gasteiger partial charge >= 0.3 is 59.1 Å². The molecule has 23 heavy (non-hydrogen) atoms. The average molecular weight is 348 g/mol. The van der Waals surface area contributed by atoms with E-state index < -0.39 is 24.0 Å². The number of carbonyl (C=O) groups is 2. The summed E-state index contributed by atoms with van der Waals surface area (Å²) in [5.74, 6) is -2.46. The molecule has 0 amide bonds. The quantitative estimate of drug-likeness (QED) is 0.414. The number of hydrogen-bond donors (Lipinski definition) is 2. The predicted molar refractivity (Wildman–Crippen MR) is 68.8 cm³/mol. The molecule has 1 saturated heterocycles. The van der Waals surface area contributed by atoms with E-state index in [2.05, 4.69) is 0 Å². The molecule has 1 aliphatic heterocycles. The largest absolute Gasteiger partial charge is 1.00 e. The molecule has 0 aromatic carbocycles. The van der Waals surface area contributed by atoms with E-state index in [1.807, 2.05) is 0 Å². The van der Waals surface area contributed by atoms with Crippen molar-refractivity contribution < 1.29 is 89.1 Å². The fourth-order valence-electron chi connectivity index (χ4n) is 2.72. The molecule has 1 heterocycles. The third-order valence-electron chi connectivity index (χ3n) is 3.80. The molecule has 2 N–H and O–H groups in total. The van der Waals surface area contributed by atoms with Crippen LogP contribution in [0.4, 0.5) is 0 Å². The minimum absolute atomic E-state index is 0. The number of rotatable bonds is 8. The SMILES string of the molecule is O=C([O-])C(CCO)N1CCCN(C(CCO)C(=O)[O-])CC1.[Na+].[Na+]. The van der Waals surface area contributed by atoms with E-state index in [0.29, 0.717) is 32.6 Å². The Morgan fingerprint density at radius 3 is 1.43 bits per heavy atom. The summed E-state index contributed by atoms with van der Waals surface area (Å²) < 4.78 is 0. The molecular weight excluding hydrogens is 326 g/mol. The maximum atomic E-state index is 11.1. The first-order chi connectivity index (χ1) is 10.0. The van der Waals surface area contributed by atoms with Crippen molar-refractivity contribution >= 4 is 11.9 Å². The van der Waals surface area contributed by atoms with Crippen LogP contribution in [0, 0.1) is 0 Å². The molecule has 0 aliphatic carbocycles. The number of aliphatic carboxylic acids is 2. The van der Waals surface area contributed by atoms with Gasteiger partial charge in [0.05, 0.1) is 24.0 Å². The molecule has 0 aromatic heterocycles. The molecule has 122 valence electrons. The average Bonchev–Trinajstić information content (AvgIpc) is 2.67. The normalized spacial score (nSPS) is 18.9. The van der Waals surface area contributed by atoms with Crippen LogP contribution in [0.2, 0.25) is 0 Å². The summed E-state index contributed by atoms with van der Waals surface area (Å²) in [7, 11) is 0. The van der Waals surface area contributed by atoms with Gasteiger partial charge in [-0.25, -0.2) is 0 Å². The number of hydrogen-bond acceptors (Lipinski definition) is 8. The number of carboxylic acids is 2. The molecule has 8 nitrogen and oxygen atoms in total. The zero-order chi connectivity index (χ0) is 15.8. The maximum absolute atomic E-state index is 11.1. The van der Waals surface area contributed by atoms with E-state index in [1.165, 1.54) is 0 Å². The Morgan fingerprint density at radius 2 is 1.17 bits per heavy atom. The van der Waals surface area contributed by atoms with Crippen LogP contribution in [0.3, 0.4) is 0 Å². The Morgan fingerprint density at radius 1 is 0.826 bits per heavy atom. The van der Waals surface area contributed by atoms with Crippen molar-refractivity contribution in [2.45, 2.75) is 31.3 Å². The van der Waals surface area contributed by atoms with Gasteiger partial charge in [-0.15, -0.1) is 0 Å². The van der Waals surface area contributed by atoms with Crippen LogP contribution in [0.25, 0.3) is 0 Å². The zero-order valence-corrected chi connectivity index (χ0v) is 17.9. The molecule has 0 aromatic rings. The Bertz CT molecular complexity index is 329. The van der Waals surface area contributed by atoms with Crippen LogP contribution >= 0.6 is 0 Å². The van der Waals surface area contributed by atoms with Gasteiger partial charge in [0.1, 0.15) is 0 Å². The van der Waals surface area contributed by atoms with E-state index in [9.17, 15) is 19.8 Å². The number of aliphatic hydroxyl groups excluding tert-OH is 2. The molecule has 0 bridgehead atoms. The van der Waals surface area contributed by atoms with Crippen molar-refractivity contribution in [1.29, 1.82) is 0 Å². The van der Waals surface area contributed by atoms with Crippen molar-refractivity contribution in [2.24, 2.45) is 0 Å². The van der Waals surface area contributed by atoms with Gasteiger partial charge in [0.2, 0.25) is 0 Å². The fraction of sp³-hybridized carbons (Fsp3) is 0.846. The second kappa shape index (κ2) is 14.0. The van der Waals surface area contributed by atoms with Crippen LogP contribution in [-0.4, -0.2) is 83.4 Å². The molecule has 0 spiro atoms. The first-order valence-corrected chi connectivity index (χ1v) is 7.12. The second-order valence-electron chi connectivity index (χ2n) is 5.12. The number of carbonyl (C=O) groups excluding carboxylic acids is 2. The standard InChI is InChI=1S/C13H24N2O6.2Na/c16-8-2-10(12(18)19)14-4-1-5-15(7-6-14)11(3-9-17)13(20)21;;/h10-11,16-17H,1-9H2,(H,18,19)(H,20,21);;/q;2*+1/p-2. The molecular formula is C13H22N2Na2O6. The summed E-state index contributed by atoms with van der Waals surface area (Å²) in [6, 6.07) is -1.73. The summed E-state index contributed by atoms with van der Waals surface area (Å²) in [6.45, 7) is 1.24. The first kappa shape index (κ1) is 26.0. The fourth-order valence-corrected chi connectivity index (χ4v) is 2.72. The van der Waals surface area contributed by atoms with Gasteiger partial charge in [0.15, 0.2) is 0 Å². The van der Waals surface area contributed by atoms with Gasteiger partial charge < -0.3 is 30.0 Å². The van der Waals surface area contributed by atoms with Gasteiger partial charge in [-0.05, 0) is 19.3 Å². The number of nitrogens with zero attached hydrogens (tertiary/aromatic N) is 2. The van der Waals surface area contributed by atoms with Crippen LogP contribution in [-0.2, 0) is 9.59 Å². The minimum Gasteiger partial charge on any atom is -0.548 e. The van der Waals surface area contributed by atoms with Gasteiger partial charge in [-0.3, -0.25) is 9.80 Å². The van der Waals surface area contributed by atoms with E-state index in [0.717, 1.165) is 0 Å². The summed E-state index contributed by atoms with van der Waals surface area (Å²) in [5.41, 5.74) is 0. The number of aliphatic hydroxyl groups is 2. The predicted octanol–water partition coefficient (Wildman–Crippen LogP) is -10.00. The monoisotopic (exact) mass is 348 g/mol. The molecule has 2 atom stereocenters. The summed E-state index contributed by atoms with van der Waals surface area (Å²) in [4.78, 5) is 25.6. The van der Waals surface area contributed by atoms with Crippen molar-refractivity contribution in [3.63, 3.8) is 0 Å². The van der Waals surface area contributed by atoms with Crippen LogP contribution in [0.1, 0.15) is 19.3 Å². The van der Waals surface area contributed by atoms with Crippen molar-refractivity contribution in [3.05, 3.63) is 0 Å². The topological polar surface area (TPSA) is 127 Å². The van der Waals surface area contributed by atoms with E-state index in [1.54, 1.807) is 9.80 Å². The second-order valence-corrected chi connectivity index (χ2v) is 5.12. The van der Waals surface area contributed by atoms with Gasteiger partial charge in [0.25, 0.3) is 0 Å². The molecule has 0 saturated carbocycles. The Balaban J connectivity index is 0. The van der Waals surface area contributed by atoms with Crippen LogP contribution < -0.4 is 69.3 Å². The van der Waals surface area contributed by atoms with E-state index in [4.69, 9.17) is 10.2 Å². The molecule has 1 rings (SSSR count). The minimum atomic E-state index is -1.23. The number of carboxylic acid groups (broad SMARTS) is 2. The molecule has 0 radical (unpaired) electrons. The summed E-state index contributed by atoms with van der Waals surface area (Å²) in [5, 5.41) is 40.1. The Kier molecular flexibility index (Phi) is 15.8. The zero-order valence-electron chi connectivity index (χ0n) is 13.9. The van der Waals surface area contributed by atoms with Crippen molar-refractivity contribution in [3.8, 4) is 0 Å². The summed E-state index contributed by atoms with van der Waals surface area (Å²) in [6.07, 6.45) is 0.774. The van der Waals surface area contributed by atoms with Crippen molar-refractivity contribution in [2.75, 3.05) is 39.4 Å². The smallest absolute Gasteiger partial charge is 0.548 e. The van der Waals surface area contributed by atoms with Gasteiger partial charge in [-0.1, -0.05) is 0 Å². The van der Waals surface area contributed by atoms with E-state index >= 15 is 0 Å². The van der Waals surface area contributed by atoms with Crippen molar-refractivity contribution in [1.82, 2.24) is 9.80 Å². The third kappa shape index (κ3) is 8.62. The van der Waals surface area contributed by atoms with E-state index in [-0.39, 0.29) is 85.2 Å².